The van der Waals surface area contributed by atoms with Gasteiger partial charge in [-0.2, -0.15) is 5.10 Å². The van der Waals surface area contributed by atoms with E-state index in [2.05, 4.69) is 43.1 Å². The van der Waals surface area contributed by atoms with Crippen molar-refractivity contribution < 1.29 is 0 Å². The second-order valence-corrected chi connectivity index (χ2v) is 5.51. The Balaban J connectivity index is 2.16. The Morgan fingerprint density at radius 2 is 2.06 bits per heavy atom. The van der Waals surface area contributed by atoms with E-state index in [0.717, 1.165) is 25.3 Å². The van der Waals surface area contributed by atoms with Crippen molar-refractivity contribution in [1.82, 2.24) is 20.1 Å². The van der Waals surface area contributed by atoms with E-state index >= 15 is 0 Å². The molecule has 1 fully saturated rings. The molecule has 0 radical (unpaired) electrons. The van der Waals surface area contributed by atoms with Crippen LogP contribution >= 0.6 is 0 Å². The van der Waals surface area contributed by atoms with E-state index in [1.165, 1.54) is 0 Å². The Kier molecular flexibility index (Phi) is 3.02. The zero-order chi connectivity index (χ0) is 11.8. The van der Waals surface area contributed by atoms with E-state index in [4.69, 9.17) is 0 Å². The number of nitrogens with one attached hydrogen (secondary N) is 1. The molecule has 0 aliphatic carbocycles. The third kappa shape index (κ3) is 1.86. The lowest BCUT2D eigenvalue weighted by Gasteiger charge is -2.46. The van der Waals surface area contributed by atoms with Gasteiger partial charge in [0.05, 0.1) is 0 Å². The average molecular weight is 222 g/mol. The zero-order valence-corrected chi connectivity index (χ0v) is 10.7. The molecule has 0 atom stereocenters. The summed E-state index contributed by atoms with van der Waals surface area (Å²) < 4.78 is 2.04. The average Bonchev–Trinajstić information content (AvgIpc) is 2.58. The number of hydrogen-bond acceptors (Lipinski definition) is 3. The predicted molar refractivity (Wildman–Crippen MR) is 64.3 cm³/mol. The third-order valence-corrected chi connectivity index (χ3v) is 3.83. The summed E-state index contributed by atoms with van der Waals surface area (Å²) in [5, 5.41) is 7.69. The first-order valence-corrected chi connectivity index (χ1v) is 6.14. The van der Waals surface area contributed by atoms with Crippen molar-refractivity contribution >= 4 is 0 Å². The lowest BCUT2D eigenvalue weighted by molar-refractivity contribution is 0.0946. The quantitative estimate of drug-likeness (QED) is 0.842. The minimum atomic E-state index is 0.389. The van der Waals surface area contributed by atoms with E-state index in [0.29, 0.717) is 17.4 Å². The highest BCUT2D eigenvalue weighted by atomic mass is 15.3. The van der Waals surface area contributed by atoms with E-state index < -0.39 is 0 Å². The molecule has 4 nitrogen and oxygen atoms in total. The van der Waals surface area contributed by atoms with E-state index in [-0.39, 0.29) is 0 Å². The molecule has 1 aliphatic rings. The molecule has 2 heterocycles. The topological polar surface area (TPSA) is 42.7 Å². The Hall–Kier alpha value is -0.900. The molecule has 1 N–H and O–H groups in total. The summed E-state index contributed by atoms with van der Waals surface area (Å²) in [6.45, 7) is 11.1. The van der Waals surface area contributed by atoms with Crippen LogP contribution in [0.3, 0.4) is 0 Å². The highest BCUT2D eigenvalue weighted by Crippen LogP contribution is 2.35. The molecule has 0 spiro atoms. The molecule has 1 aliphatic heterocycles. The maximum atomic E-state index is 4.41. The van der Waals surface area contributed by atoms with Crippen molar-refractivity contribution in [3.8, 4) is 0 Å². The van der Waals surface area contributed by atoms with Gasteiger partial charge in [-0.3, -0.25) is 0 Å². The van der Waals surface area contributed by atoms with E-state index in [1.807, 2.05) is 4.68 Å². The minimum Gasteiger partial charge on any atom is -0.315 e. The Labute approximate surface area is 97.5 Å². The van der Waals surface area contributed by atoms with Crippen LogP contribution in [-0.4, -0.2) is 27.9 Å². The van der Waals surface area contributed by atoms with Crippen molar-refractivity contribution in [2.24, 2.45) is 11.3 Å². The SMILES string of the molecule is CC(C)n1ncnc1CC1(C(C)C)CNC1. The zero-order valence-electron chi connectivity index (χ0n) is 10.7. The lowest BCUT2D eigenvalue weighted by atomic mass is 9.69. The standard InChI is InChI=1S/C12H22N4/c1-9(2)12(6-13-7-12)5-11-14-8-15-16(11)10(3)4/h8-10,13H,5-7H2,1-4H3. The van der Waals surface area contributed by atoms with Gasteiger partial charge < -0.3 is 5.32 Å². The molecule has 0 amide bonds. The van der Waals surface area contributed by atoms with Crippen LogP contribution in [-0.2, 0) is 6.42 Å². The Bertz CT molecular complexity index is 350. The van der Waals surface area contributed by atoms with Gasteiger partial charge in [-0.15, -0.1) is 0 Å². The van der Waals surface area contributed by atoms with Crippen LogP contribution in [0.5, 0.6) is 0 Å². The summed E-state index contributed by atoms with van der Waals surface area (Å²) in [7, 11) is 0. The summed E-state index contributed by atoms with van der Waals surface area (Å²) >= 11 is 0. The van der Waals surface area contributed by atoms with Crippen LogP contribution in [0.15, 0.2) is 6.33 Å². The van der Waals surface area contributed by atoms with Crippen LogP contribution in [0.4, 0.5) is 0 Å². The molecule has 0 saturated carbocycles. The van der Waals surface area contributed by atoms with Gasteiger partial charge in [-0.1, -0.05) is 13.8 Å². The van der Waals surface area contributed by atoms with Gasteiger partial charge in [-0.05, 0) is 19.8 Å². The van der Waals surface area contributed by atoms with Crippen molar-refractivity contribution in [2.75, 3.05) is 13.1 Å². The van der Waals surface area contributed by atoms with Gasteiger partial charge in [0.1, 0.15) is 12.2 Å². The summed E-state index contributed by atoms with van der Waals surface area (Å²) in [5.74, 6) is 1.82. The monoisotopic (exact) mass is 222 g/mol. The molecule has 2 rings (SSSR count). The van der Waals surface area contributed by atoms with Gasteiger partial charge in [-0.25, -0.2) is 9.67 Å². The normalized spacial score (nSPS) is 19.1. The number of nitrogens with zero attached hydrogens (tertiary/aromatic N) is 3. The molecule has 1 aromatic heterocycles. The number of rotatable bonds is 4. The van der Waals surface area contributed by atoms with Crippen LogP contribution in [0.2, 0.25) is 0 Å². The Morgan fingerprint density at radius 1 is 1.38 bits per heavy atom. The Morgan fingerprint density at radius 3 is 2.50 bits per heavy atom. The summed E-state index contributed by atoms with van der Waals surface area (Å²) in [6, 6.07) is 0.398. The maximum absolute atomic E-state index is 4.41. The highest BCUT2D eigenvalue weighted by Gasteiger charge is 2.41. The van der Waals surface area contributed by atoms with Gasteiger partial charge in [0.2, 0.25) is 0 Å². The van der Waals surface area contributed by atoms with Gasteiger partial charge in [0.15, 0.2) is 0 Å². The molecular weight excluding hydrogens is 200 g/mol. The first-order valence-electron chi connectivity index (χ1n) is 6.14. The van der Waals surface area contributed by atoms with E-state index in [9.17, 15) is 0 Å². The minimum absolute atomic E-state index is 0.389. The largest absolute Gasteiger partial charge is 0.315 e. The highest BCUT2D eigenvalue weighted by molar-refractivity contribution is 5.03. The molecule has 0 unspecified atom stereocenters. The fourth-order valence-electron chi connectivity index (χ4n) is 2.33. The molecule has 16 heavy (non-hydrogen) atoms. The molecule has 1 aromatic rings. The van der Waals surface area contributed by atoms with Crippen LogP contribution in [0.1, 0.15) is 39.6 Å². The molecular formula is C12H22N4. The summed E-state index contributed by atoms with van der Waals surface area (Å²) in [4.78, 5) is 4.41. The van der Waals surface area contributed by atoms with Gasteiger partial charge >= 0.3 is 0 Å². The third-order valence-electron chi connectivity index (χ3n) is 3.83. The predicted octanol–water partition coefficient (Wildman–Crippen LogP) is 1.65. The molecule has 1 saturated heterocycles. The fraction of sp³-hybridized carbons (Fsp3) is 0.833. The van der Waals surface area contributed by atoms with Crippen LogP contribution in [0.25, 0.3) is 0 Å². The number of hydrogen-bond donors (Lipinski definition) is 1. The molecule has 90 valence electrons. The number of aromatic nitrogens is 3. The van der Waals surface area contributed by atoms with Gasteiger partial charge in [0.25, 0.3) is 0 Å². The van der Waals surface area contributed by atoms with Gasteiger partial charge in [0, 0.05) is 31.0 Å². The molecule has 0 bridgehead atoms. The maximum Gasteiger partial charge on any atom is 0.138 e. The van der Waals surface area contributed by atoms with Crippen molar-refractivity contribution in [2.45, 2.75) is 40.2 Å². The first kappa shape index (κ1) is 11.6. The second-order valence-electron chi connectivity index (χ2n) is 5.51. The molecule has 4 heteroatoms. The van der Waals surface area contributed by atoms with Crippen molar-refractivity contribution in [3.63, 3.8) is 0 Å². The second kappa shape index (κ2) is 4.17. The van der Waals surface area contributed by atoms with E-state index in [1.54, 1.807) is 6.33 Å². The van der Waals surface area contributed by atoms with Crippen molar-refractivity contribution in [1.29, 1.82) is 0 Å². The fourth-order valence-corrected chi connectivity index (χ4v) is 2.33. The van der Waals surface area contributed by atoms with Crippen molar-refractivity contribution in [3.05, 3.63) is 12.2 Å². The van der Waals surface area contributed by atoms with Crippen LogP contribution in [0, 0.1) is 11.3 Å². The smallest absolute Gasteiger partial charge is 0.138 e. The van der Waals surface area contributed by atoms with Crippen LogP contribution < -0.4 is 5.32 Å². The lowest BCUT2D eigenvalue weighted by Crippen LogP contribution is -2.58. The molecule has 0 aromatic carbocycles. The first-order chi connectivity index (χ1) is 7.55. The summed E-state index contributed by atoms with van der Waals surface area (Å²) in [6.07, 6.45) is 2.71. The summed E-state index contributed by atoms with van der Waals surface area (Å²) in [5.41, 5.74) is 0.389.